The van der Waals surface area contributed by atoms with Gasteiger partial charge in [0.15, 0.2) is 6.61 Å². The molecule has 1 aliphatic heterocycles. The Balaban J connectivity index is 1.53. The van der Waals surface area contributed by atoms with Crippen molar-refractivity contribution in [3.8, 4) is 17.2 Å². The van der Waals surface area contributed by atoms with Gasteiger partial charge in [0, 0.05) is 17.1 Å². The van der Waals surface area contributed by atoms with Crippen molar-refractivity contribution in [2.24, 2.45) is 0 Å². The van der Waals surface area contributed by atoms with Gasteiger partial charge in [-0.2, -0.15) is 16.9 Å². The van der Waals surface area contributed by atoms with Gasteiger partial charge in [0.05, 0.1) is 18.5 Å². The molecule has 1 amide bonds. The van der Waals surface area contributed by atoms with Gasteiger partial charge in [0.2, 0.25) is 0 Å². The summed E-state index contributed by atoms with van der Waals surface area (Å²) in [7, 11) is 1.63. The van der Waals surface area contributed by atoms with E-state index < -0.39 is 0 Å². The molecule has 0 spiro atoms. The summed E-state index contributed by atoms with van der Waals surface area (Å²) in [4.78, 5) is 12.5. The molecule has 0 radical (unpaired) electrons. The number of thioether (sulfide) groups is 1. The smallest absolute Gasteiger partial charge is 0.263 e. The van der Waals surface area contributed by atoms with E-state index in [1.807, 2.05) is 55.5 Å². The topological polar surface area (TPSA) is 65.4 Å². The van der Waals surface area contributed by atoms with Crippen LogP contribution in [0, 0.1) is 6.92 Å². The molecule has 0 bridgehead atoms. The summed E-state index contributed by atoms with van der Waals surface area (Å²) in [6.07, 6.45) is 0. The first-order valence-electron chi connectivity index (χ1n) is 8.96. The average molecular weight is 395 g/mol. The number of nitrogens with zero attached hydrogens (tertiary/aromatic N) is 2. The van der Waals surface area contributed by atoms with Crippen LogP contribution in [0.5, 0.6) is 11.5 Å². The maximum Gasteiger partial charge on any atom is 0.263 e. The minimum atomic E-state index is -0.212. The number of hydrogen-bond acceptors (Lipinski definition) is 5. The fourth-order valence-electron chi connectivity index (χ4n) is 3.07. The maximum absolute atomic E-state index is 12.5. The Morgan fingerprint density at radius 3 is 2.75 bits per heavy atom. The summed E-state index contributed by atoms with van der Waals surface area (Å²) in [5.74, 6) is 3.63. The molecular formula is C21H21N3O3S. The number of rotatable bonds is 6. The van der Waals surface area contributed by atoms with E-state index in [0.717, 1.165) is 39.8 Å². The summed E-state index contributed by atoms with van der Waals surface area (Å²) < 4.78 is 12.6. The SMILES string of the molecule is COc1ccc(-n2nc3c(c2NC(=O)COc2cccc(C)c2)CSC3)cc1. The molecule has 0 unspecified atom stereocenters. The van der Waals surface area contributed by atoms with Crippen molar-refractivity contribution in [1.82, 2.24) is 9.78 Å². The van der Waals surface area contributed by atoms with E-state index in [9.17, 15) is 4.79 Å². The fourth-order valence-corrected chi connectivity index (χ4v) is 4.11. The molecule has 0 aliphatic carbocycles. The van der Waals surface area contributed by atoms with Crippen molar-refractivity contribution in [2.45, 2.75) is 18.4 Å². The highest BCUT2D eigenvalue weighted by Gasteiger charge is 2.24. The Labute approximate surface area is 167 Å². The van der Waals surface area contributed by atoms with Crippen LogP contribution in [0.25, 0.3) is 5.69 Å². The maximum atomic E-state index is 12.5. The van der Waals surface area contributed by atoms with Crippen LogP contribution in [0.1, 0.15) is 16.8 Å². The van der Waals surface area contributed by atoms with E-state index in [-0.39, 0.29) is 12.5 Å². The van der Waals surface area contributed by atoms with Gasteiger partial charge in [-0.15, -0.1) is 0 Å². The third kappa shape index (κ3) is 3.84. The van der Waals surface area contributed by atoms with E-state index in [1.165, 1.54) is 0 Å². The number of aromatic nitrogens is 2. The zero-order chi connectivity index (χ0) is 19.5. The summed E-state index contributed by atoms with van der Waals surface area (Å²) >= 11 is 1.79. The second kappa shape index (κ2) is 7.98. The van der Waals surface area contributed by atoms with E-state index >= 15 is 0 Å². The van der Waals surface area contributed by atoms with Crippen molar-refractivity contribution in [3.05, 3.63) is 65.4 Å². The molecule has 7 heteroatoms. The minimum absolute atomic E-state index is 0.0564. The van der Waals surface area contributed by atoms with Crippen molar-refractivity contribution >= 4 is 23.5 Å². The second-order valence-corrected chi connectivity index (χ2v) is 7.52. The first kappa shape index (κ1) is 18.4. The number of ether oxygens (including phenoxy) is 2. The molecule has 0 saturated heterocycles. The summed E-state index contributed by atoms with van der Waals surface area (Å²) in [6, 6.07) is 15.2. The Hall–Kier alpha value is -2.93. The van der Waals surface area contributed by atoms with Crippen LogP contribution in [0.4, 0.5) is 5.82 Å². The number of carbonyl (C=O) groups is 1. The number of benzene rings is 2. The summed E-state index contributed by atoms with van der Waals surface area (Å²) in [6.45, 7) is 1.93. The molecule has 2 aromatic carbocycles. The number of nitrogens with one attached hydrogen (secondary N) is 1. The molecule has 28 heavy (non-hydrogen) atoms. The van der Waals surface area contributed by atoms with Crippen molar-refractivity contribution in [2.75, 3.05) is 19.0 Å². The largest absolute Gasteiger partial charge is 0.497 e. The van der Waals surface area contributed by atoms with Crippen LogP contribution < -0.4 is 14.8 Å². The average Bonchev–Trinajstić information content (AvgIpc) is 3.29. The number of methoxy groups -OCH3 is 1. The van der Waals surface area contributed by atoms with Gasteiger partial charge in [-0.05, 0) is 48.9 Å². The Morgan fingerprint density at radius 1 is 1.18 bits per heavy atom. The molecule has 144 valence electrons. The van der Waals surface area contributed by atoms with Gasteiger partial charge in [0.1, 0.15) is 17.3 Å². The monoisotopic (exact) mass is 395 g/mol. The van der Waals surface area contributed by atoms with Crippen LogP contribution in [-0.2, 0) is 16.3 Å². The number of fused-ring (bicyclic) bond motifs is 1. The fraction of sp³-hybridized carbons (Fsp3) is 0.238. The zero-order valence-corrected chi connectivity index (χ0v) is 16.6. The molecule has 6 nitrogen and oxygen atoms in total. The second-order valence-electron chi connectivity index (χ2n) is 6.53. The quantitative estimate of drug-likeness (QED) is 0.685. The lowest BCUT2D eigenvalue weighted by Gasteiger charge is -2.12. The van der Waals surface area contributed by atoms with Crippen molar-refractivity contribution in [1.29, 1.82) is 0 Å². The van der Waals surface area contributed by atoms with Crippen LogP contribution in [0.2, 0.25) is 0 Å². The Kier molecular flexibility index (Phi) is 5.25. The highest BCUT2D eigenvalue weighted by Crippen LogP contribution is 2.36. The molecule has 3 aromatic rings. The zero-order valence-electron chi connectivity index (χ0n) is 15.8. The van der Waals surface area contributed by atoms with E-state index in [4.69, 9.17) is 14.6 Å². The molecule has 0 saturated carbocycles. The van der Waals surface area contributed by atoms with Gasteiger partial charge in [-0.1, -0.05) is 12.1 Å². The number of hydrogen-bond donors (Lipinski definition) is 1. The summed E-state index contributed by atoms with van der Waals surface area (Å²) in [5.41, 5.74) is 4.04. The highest BCUT2D eigenvalue weighted by atomic mass is 32.2. The lowest BCUT2D eigenvalue weighted by atomic mass is 10.2. The molecule has 1 N–H and O–H groups in total. The summed E-state index contributed by atoms with van der Waals surface area (Å²) in [5, 5.41) is 7.69. The van der Waals surface area contributed by atoms with Crippen LogP contribution in [0.15, 0.2) is 48.5 Å². The number of aryl methyl sites for hydroxylation is 1. The molecule has 1 aliphatic rings. The van der Waals surface area contributed by atoms with Gasteiger partial charge in [-0.3, -0.25) is 4.79 Å². The van der Waals surface area contributed by atoms with E-state index in [2.05, 4.69) is 5.32 Å². The third-order valence-electron chi connectivity index (χ3n) is 4.49. The third-order valence-corrected chi connectivity index (χ3v) is 5.46. The molecule has 0 fully saturated rings. The van der Waals surface area contributed by atoms with E-state index in [0.29, 0.717) is 11.6 Å². The van der Waals surface area contributed by atoms with Crippen LogP contribution in [-0.4, -0.2) is 29.4 Å². The standard InChI is InChI=1S/C21H21N3O3S/c1-14-4-3-5-17(10-14)27-11-20(25)22-21-18-12-28-13-19(18)23-24(21)15-6-8-16(26-2)9-7-15/h3-10H,11-13H2,1-2H3,(H,22,25). The first-order chi connectivity index (χ1) is 13.6. The predicted octanol–water partition coefficient (Wildman–Crippen LogP) is 3.95. The van der Waals surface area contributed by atoms with Gasteiger partial charge >= 0.3 is 0 Å². The Bertz CT molecular complexity index is 999. The number of amides is 1. The highest BCUT2D eigenvalue weighted by molar-refractivity contribution is 7.98. The minimum Gasteiger partial charge on any atom is -0.497 e. The van der Waals surface area contributed by atoms with Gasteiger partial charge < -0.3 is 14.8 Å². The van der Waals surface area contributed by atoms with Crippen LogP contribution in [0.3, 0.4) is 0 Å². The normalized spacial score (nSPS) is 12.5. The lowest BCUT2D eigenvalue weighted by molar-refractivity contribution is -0.118. The molecule has 4 rings (SSSR count). The van der Waals surface area contributed by atoms with Crippen LogP contribution >= 0.6 is 11.8 Å². The molecule has 0 atom stereocenters. The molecule has 2 heterocycles. The molecular weight excluding hydrogens is 374 g/mol. The predicted molar refractivity (Wildman–Crippen MR) is 110 cm³/mol. The number of carbonyl (C=O) groups excluding carboxylic acids is 1. The van der Waals surface area contributed by atoms with Crippen molar-refractivity contribution < 1.29 is 14.3 Å². The number of anilines is 1. The van der Waals surface area contributed by atoms with Gasteiger partial charge in [-0.25, -0.2) is 4.68 Å². The Morgan fingerprint density at radius 2 is 2.00 bits per heavy atom. The molecule has 1 aromatic heterocycles. The van der Waals surface area contributed by atoms with E-state index in [1.54, 1.807) is 23.6 Å². The first-order valence-corrected chi connectivity index (χ1v) is 10.1. The van der Waals surface area contributed by atoms with Gasteiger partial charge in [0.25, 0.3) is 5.91 Å². The van der Waals surface area contributed by atoms with Crippen molar-refractivity contribution in [3.63, 3.8) is 0 Å². The lowest BCUT2D eigenvalue weighted by Crippen LogP contribution is -2.22.